The third-order valence-corrected chi connectivity index (χ3v) is 8.04. The first-order valence-corrected chi connectivity index (χ1v) is 10.7. The fourth-order valence-electron chi connectivity index (χ4n) is 5.80. The van der Waals surface area contributed by atoms with Gasteiger partial charge in [0.15, 0.2) is 0 Å². The molecule has 1 aliphatic carbocycles. The monoisotopic (exact) mass is 322 g/mol. The number of rotatable bonds is 11. The quantitative estimate of drug-likeness (QED) is 0.359. The van der Waals surface area contributed by atoms with E-state index >= 15 is 0 Å². The van der Waals surface area contributed by atoms with E-state index in [0.717, 1.165) is 11.8 Å². The fraction of sp³-hybridized carbons (Fsp3) is 1.00. The summed E-state index contributed by atoms with van der Waals surface area (Å²) in [7, 11) is 0. The molecule has 0 amide bonds. The minimum atomic E-state index is 0.439. The van der Waals surface area contributed by atoms with Crippen LogP contribution in [0, 0.1) is 28.1 Å². The van der Waals surface area contributed by atoms with E-state index in [9.17, 15) is 0 Å². The molecule has 0 heterocycles. The van der Waals surface area contributed by atoms with Gasteiger partial charge in [0.2, 0.25) is 0 Å². The Morgan fingerprint density at radius 2 is 1.39 bits per heavy atom. The number of hydrogen-bond donors (Lipinski definition) is 0. The van der Waals surface area contributed by atoms with Crippen LogP contribution in [0.1, 0.15) is 120 Å². The van der Waals surface area contributed by atoms with Crippen LogP contribution in [0.4, 0.5) is 0 Å². The molecule has 138 valence electrons. The summed E-state index contributed by atoms with van der Waals surface area (Å²) in [5.41, 5.74) is 1.37. The van der Waals surface area contributed by atoms with E-state index in [1.54, 1.807) is 0 Å². The maximum Gasteiger partial charge on any atom is -0.0221 e. The first-order valence-electron chi connectivity index (χ1n) is 10.7. The van der Waals surface area contributed by atoms with Gasteiger partial charge in [0, 0.05) is 0 Å². The lowest BCUT2D eigenvalue weighted by molar-refractivity contribution is -0.0712. The normalized spacial score (nSPS) is 27.1. The van der Waals surface area contributed by atoms with Gasteiger partial charge in [-0.1, -0.05) is 87.5 Å². The molecule has 0 aromatic carbocycles. The third-order valence-electron chi connectivity index (χ3n) is 8.04. The third kappa shape index (κ3) is 4.55. The van der Waals surface area contributed by atoms with Gasteiger partial charge in [0.05, 0.1) is 0 Å². The summed E-state index contributed by atoms with van der Waals surface area (Å²) in [5, 5.41) is 0. The van der Waals surface area contributed by atoms with Crippen molar-refractivity contribution in [3.63, 3.8) is 0 Å². The molecule has 0 nitrogen and oxygen atoms in total. The van der Waals surface area contributed by atoms with Crippen molar-refractivity contribution in [1.29, 1.82) is 0 Å². The van der Waals surface area contributed by atoms with Gasteiger partial charge in [0.25, 0.3) is 0 Å². The molecule has 0 aromatic heterocycles. The van der Waals surface area contributed by atoms with Crippen molar-refractivity contribution in [2.45, 2.75) is 120 Å². The van der Waals surface area contributed by atoms with Crippen LogP contribution in [-0.4, -0.2) is 0 Å². The molecule has 1 rings (SSSR count). The molecule has 2 unspecified atom stereocenters. The van der Waals surface area contributed by atoms with Gasteiger partial charge >= 0.3 is 0 Å². The fourth-order valence-corrected chi connectivity index (χ4v) is 5.80. The van der Waals surface area contributed by atoms with Gasteiger partial charge in [0.1, 0.15) is 0 Å². The van der Waals surface area contributed by atoms with Crippen molar-refractivity contribution >= 4 is 0 Å². The maximum absolute atomic E-state index is 2.64. The Kier molecular flexibility index (Phi) is 7.68. The van der Waals surface area contributed by atoms with Gasteiger partial charge in [-0.05, 0) is 60.2 Å². The average molecular weight is 323 g/mol. The van der Waals surface area contributed by atoms with Gasteiger partial charge in [-0.2, -0.15) is 0 Å². The lowest BCUT2D eigenvalue weighted by atomic mass is 9.48. The molecule has 2 atom stereocenters. The second-order valence-electron chi connectivity index (χ2n) is 9.97. The van der Waals surface area contributed by atoms with Crippen molar-refractivity contribution in [2.75, 3.05) is 0 Å². The standard InChI is InChI=1S/C23H46/c1-9-14-21(5,6)23(8,22(7,11-3)15-10-2)16-12-13-20-17-19(4)18-20/h19-20H,9-18H2,1-8H3. The second-order valence-corrected chi connectivity index (χ2v) is 9.97. The van der Waals surface area contributed by atoms with Crippen LogP contribution >= 0.6 is 0 Å². The van der Waals surface area contributed by atoms with E-state index in [-0.39, 0.29) is 0 Å². The molecule has 0 aliphatic heterocycles. The smallest absolute Gasteiger partial charge is 0.0221 e. The van der Waals surface area contributed by atoms with Crippen LogP contribution in [0.15, 0.2) is 0 Å². The van der Waals surface area contributed by atoms with E-state index in [1.165, 1.54) is 64.2 Å². The molecule has 0 saturated heterocycles. The molecular formula is C23H46. The Balaban J connectivity index is 2.86. The van der Waals surface area contributed by atoms with Crippen LogP contribution in [0.5, 0.6) is 0 Å². The van der Waals surface area contributed by atoms with Crippen LogP contribution in [0.2, 0.25) is 0 Å². The van der Waals surface area contributed by atoms with Crippen LogP contribution in [-0.2, 0) is 0 Å². The van der Waals surface area contributed by atoms with Crippen LogP contribution in [0.25, 0.3) is 0 Å². The van der Waals surface area contributed by atoms with E-state index in [1.807, 2.05) is 0 Å². The zero-order valence-corrected chi connectivity index (χ0v) is 17.7. The Labute approximate surface area is 148 Å². The van der Waals surface area contributed by atoms with Crippen molar-refractivity contribution in [3.8, 4) is 0 Å². The first-order chi connectivity index (χ1) is 10.7. The summed E-state index contributed by atoms with van der Waals surface area (Å²) in [6.45, 7) is 19.9. The van der Waals surface area contributed by atoms with Crippen molar-refractivity contribution in [1.82, 2.24) is 0 Å². The minimum Gasteiger partial charge on any atom is -0.0654 e. The zero-order valence-electron chi connectivity index (χ0n) is 17.7. The highest BCUT2D eigenvalue weighted by Gasteiger charge is 2.51. The zero-order chi connectivity index (χ0) is 17.7. The molecule has 23 heavy (non-hydrogen) atoms. The lowest BCUT2D eigenvalue weighted by Gasteiger charge is -2.57. The maximum atomic E-state index is 2.64. The molecule has 1 saturated carbocycles. The Morgan fingerprint density at radius 3 is 1.83 bits per heavy atom. The van der Waals surface area contributed by atoms with E-state index < -0.39 is 0 Å². The summed E-state index contributed by atoms with van der Waals surface area (Å²) < 4.78 is 0. The highest BCUT2D eigenvalue weighted by molar-refractivity contribution is 5.00. The topological polar surface area (TPSA) is 0 Å². The van der Waals surface area contributed by atoms with E-state index in [2.05, 4.69) is 55.4 Å². The van der Waals surface area contributed by atoms with Gasteiger partial charge < -0.3 is 0 Å². The summed E-state index contributed by atoms with van der Waals surface area (Å²) in [6.07, 6.45) is 14.0. The lowest BCUT2D eigenvalue weighted by Crippen LogP contribution is -2.48. The van der Waals surface area contributed by atoms with Gasteiger partial charge in [-0.15, -0.1) is 0 Å². The molecule has 0 bridgehead atoms. The van der Waals surface area contributed by atoms with Gasteiger partial charge in [-0.3, -0.25) is 0 Å². The first kappa shape index (κ1) is 21.0. The van der Waals surface area contributed by atoms with E-state index in [4.69, 9.17) is 0 Å². The Bertz CT molecular complexity index is 336. The minimum absolute atomic E-state index is 0.439. The van der Waals surface area contributed by atoms with E-state index in [0.29, 0.717) is 16.2 Å². The highest BCUT2D eigenvalue weighted by atomic mass is 14.6. The summed E-state index contributed by atoms with van der Waals surface area (Å²) in [4.78, 5) is 0. The predicted molar refractivity (Wildman–Crippen MR) is 106 cm³/mol. The molecule has 0 spiro atoms. The highest BCUT2D eigenvalue weighted by Crippen LogP contribution is 2.60. The van der Waals surface area contributed by atoms with Crippen molar-refractivity contribution in [2.24, 2.45) is 28.1 Å². The average Bonchev–Trinajstić information content (AvgIpc) is 2.44. The molecule has 0 heteroatoms. The molecule has 1 fully saturated rings. The summed E-state index contributed by atoms with van der Waals surface area (Å²) in [5.74, 6) is 2.05. The predicted octanol–water partition coefficient (Wildman–Crippen LogP) is 8.25. The Morgan fingerprint density at radius 1 is 0.826 bits per heavy atom. The molecule has 0 radical (unpaired) electrons. The van der Waals surface area contributed by atoms with Crippen LogP contribution in [0.3, 0.4) is 0 Å². The SMILES string of the molecule is CCCC(C)(C)C(C)(CCCC1CC(C)C1)C(C)(CC)CCC. The van der Waals surface area contributed by atoms with Gasteiger partial charge in [-0.25, -0.2) is 0 Å². The molecular weight excluding hydrogens is 276 g/mol. The molecule has 0 aromatic rings. The summed E-state index contributed by atoms with van der Waals surface area (Å²) >= 11 is 0. The molecule has 0 N–H and O–H groups in total. The van der Waals surface area contributed by atoms with Crippen LogP contribution < -0.4 is 0 Å². The summed E-state index contributed by atoms with van der Waals surface area (Å²) in [6, 6.07) is 0. The Hall–Kier alpha value is 0. The van der Waals surface area contributed by atoms with Crippen molar-refractivity contribution in [3.05, 3.63) is 0 Å². The van der Waals surface area contributed by atoms with Crippen molar-refractivity contribution < 1.29 is 0 Å². The number of hydrogen-bond acceptors (Lipinski definition) is 0. The molecule has 1 aliphatic rings. The largest absolute Gasteiger partial charge is 0.0654 e. The second kappa shape index (κ2) is 8.39.